The molecule has 0 spiro atoms. The summed E-state index contributed by atoms with van der Waals surface area (Å²) in [6.07, 6.45) is 1.69. The van der Waals surface area contributed by atoms with E-state index < -0.39 is 10.0 Å². The molecule has 6 nitrogen and oxygen atoms in total. The maximum absolute atomic E-state index is 11.8. The average Bonchev–Trinajstić information content (AvgIpc) is 2.34. The Morgan fingerprint density at radius 3 is 2.32 bits per heavy atom. The molecule has 3 N–H and O–H groups in total. The zero-order chi connectivity index (χ0) is 14.5. The number of carbonyl (C=O) groups excluding carboxylic acids is 1. The van der Waals surface area contributed by atoms with E-state index in [0.717, 1.165) is 6.26 Å². The van der Waals surface area contributed by atoms with E-state index in [1.165, 1.54) is 24.3 Å². The summed E-state index contributed by atoms with van der Waals surface area (Å²) >= 11 is 0. The van der Waals surface area contributed by atoms with Crippen LogP contribution in [0.5, 0.6) is 0 Å². The summed E-state index contributed by atoms with van der Waals surface area (Å²) in [5, 5.41) is 11.7. The van der Waals surface area contributed by atoms with Gasteiger partial charge in [0.05, 0.1) is 18.9 Å². The fourth-order valence-electron chi connectivity index (χ4n) is 1.45. The van der Waals surface area contributed by atoms with Crippen LogP contribution in [-0.4, -0.2) is 38.3 Å². The molecule has 0 fully saturated rings. The van der Waals surface area contributed by atoms with Gasteiger partial charge < -0.3 is 10.4 Å². The lowest BCUT2D eigenvalue weighted by atomic mass is 10.1. The highest BCUT2D eigenvalue weighted by Gasteiger charge is 2.11. The molecule has 1 aromatic carbocycles. The molecule has 0 unspecified atom stereocenters. The molecule has 0 aliphatic carbocycles. The van der Waals surface area contributed by atoms with Gasteiger partial charge in [-0.25, -0.2) is 8.42 Å². The van der Waals surface area contributed by atoms with E-state index in [0.29, 0.717) is 17.7 Å². The van der Waals surface area contributed by atoms with Gasteiger partial charge in [0.2, 0.25) is 10.0 Å². The molecule has 1 atom stereocenters. The van der Waals surface area contributed by atoms with E-state index in [4.69, 9.17) is 5.11 Å². The van der Waals surface area contributed by atoms with Crippen molar-refractivity contribution in [3.05, 3.63) is 29.8 Å². The number of hydrogen-bond acceptors (Lipinski definition) is 4. The Balaban J connectivity index is 2.73. The molecule has 0 saturated heterocycles. The predicted octanol–water partition coefficient (Wildman–Crippen LogP) is 0.559. The zero-order valence-electron chi connectivity index (χ0n) is 10.9. The van der Waals surface area contributed by atoms with Crippen molar-refractivity contribution in [3.63, 3.8) is 0 Å². The highest BCUT2D eigenvalue weighted by molar-refractivity contribution is 7.92. The molecule has 1 aromatic rings. The first-order chi connectivity index (χ1) is 8.85. The van der Waals surface area contributed by atoms with E-state index in [9.17, 15) is 13.2 Å². The second kappa shape index (κ2) is 6.53. The molecule has 1 amide bonds. The number of sulfonamides is 1. The van der Waals surface area contributed by atoms with Gasteiger partial charge >= 0.3 is 0 Å². The summed E-state index contributed by atoms with van der Waals surface area (Å²) in [5.41, 5.74) is 0.805. The molecule has 0 aliphatic heterocycles. The van der Waals surface area contributed by atoms with Crippen LogP contribution in [0.25, 0.3) is 0 Å². The number of aliphatic hydroxyl groups is 1. The molecule has 0 aliphatic rings. The minimum atomic E-state index is -3.32. The van der Waals surface area contributed by atoms with Crippen LogP contribution in [-0.2, 0) is 10.0 Å². The second-order valence-corrected chi connectivity index (χ2v) is 5.96. The lowest BCUT2D eigenvalue weighted by molar-refractivity contribution is 0.0915. The Hall–Kier alpha value is -1.60. The number of benzene rings is 1. The van der Waals surface area contributed by atoms with Gasteiger partial charge in [0.1, 0.15) is 0 Å². The molecule has 0 aromatic heterocycles. The van der Waals surface area contributed by atoms with Crippen LogP contribution in [0.3, 0.4) is 0 Å². The molecule has 106 valence electrons. The number of carbonyl (C=O) groups is 1. The zero-order valence-corrected chi connectivity index (χ0v) is 11.7. The molecule has 1 rings (SSSR count). The quantitative estimate of drug-likeness (QED) is 0.712. The van der Waals surface area contributed by atoms with E-state index in [1.807, 2.05) is 6.92 Å². The van der Waals surface area contributed by atoms with Crippen molar-refractivity contribution < 1.29 is 18.3 Å². The van der Waals surface area contributed by atoms with Crippen molar-refractivity contribution in [1.82, 2.24) is 5.32 Å². The first-order valence-electron chi connectivity index (χ1n) is 5.85. The van der Waals surface area contributed by atoms with Crippen LogP contribution < -0.4 is 10.0 Å². The van der Waals surface area contributed by atoms with Crippen molar-refractivity contribution in [1.29, 1.82) is 0 Å². The van der Waals surface area contributed by atoms with E-state index in [2.05, 4.69) is 10.0 Å². The molecule has 0 radical (unpaired) electrons. The molecule has 0 heterocycles. The van der Waals surface area contributed by atoms with Crippen molar-refractivity contribution in [2.75, 3.05) is 17.6 Å². The summed E-state index contributed by atoms with van der Waals surface area (Å²) in [4.78, 5) is 11.8. The highest BCUT2D eigenvalue weighted by atomic mass is 32.2. The smallest absolute Gasteiger partial charge is 0.251 e. The normalized spacial score (nSPS) is 12.8. The van der Waals surface area contributed by atoms with E-state index in [1.54, 1.807) is 0 Å². The fraction of sp³-hybridized carbons (Fsp3) is 0.417. The van der Waals surface area contributed by atoms with Crippen LogP contribution >= 0.6 is 0 Å². The topological polar surface area (TPSA) is 95.5 Å². The molecule has 19 heavy (non-hydrogen) atoms. The third-order valence-corrected chi connectivity index (χ3v) is 3.11. The van der Waals surface area contributed by atoms with E-state index in [-0.39, 0.29) is 18.6 Å². The monoisotopic (exact) mass is 286 g/mol. The maximum atomic E-state index is 11.8. The summed E-state index contributed by atoms with van der Waals surface area (Å²) in [7, 11) is -3.32. The van der Waals surface area contributed by atoms with Crippen LogP contribution in [0.15, 0.2) is 24.3 Å². The van der Waals surface area contributed by atoms with Gasteiger partial charge in [-0.05, 0) is 30.7 Å². The highest BCUT2D eigenvalue weighted by Crippen LogP contribution is 2.11. The van der Waals surface area contributed by atoms with E-state index >= 15 is 0 Å². The first kappa shape index (κ1) is 15.5. The van der Waals surface area contributed by atoms with Gasteiger partial charge in [-0.15, -0.1) is 0 Å². The largest absolute Gasteiger partial charge is 0.394 e. The third kappa shape index (κ3) is 5.27. The summed E-state index contributed by atoms with van der Waals surface area (Å²) in [5.74, 6) is -0.299. The minimum Gasteiger partial charge on any atom is -0.394 e. The third-order valence-electron chi connectivity index (χ3n) is 2.50. The van der Waals surface area contributed by atoms with Crippen LogP contribution in [0.1, 0.15) is 23.7 Å². The van der Waals surface area contributed by atoms with Crippen molar-refractivity contribution in [3.8, 4) is 0 Å². The predicted molar refractivity (Wildman–Crippen MR) is 73.5 cm³/mol. The first-order valence-corrected chi connectivity index (χ1v) is 7.74. The fourth-order valence-corrected chi connectivity index (χ4v) is 2.01. The van der Waals surface area contributed by atoms with Crippen molar-refractivity contribution >= 4 is 21.6 Å². The minimum absolute atomic E-state index is 0.115. The summed E-state index contributed by atoms with van der Waals surface area (Å²) < 4.78 is 24.4. The molecular formula is C12H18N2O4S. The number of hydrogen-bond donors (Lipinski definition) is 3. The average molecular weight is 286 g/mol. The van der Waals surface area contributed by atoms with Crippen molar-refractivity contribution in [2.24, 2.45) is 0 Å². The maximum Gasteiger partial charge on any atom is 0.251 e. The Morgan fingerprint density at radius 1 is 1.32 bits per heavy atom. The Kier molecular flexibility index (Phi) is 5.31. The lowest BCUT2D eigenvalue weighted by Gasteiger charge is -2.14. The number of amides is 1. The standard InChI is InChI=1S/C12H18N2O4S/c1-3-10(8-15)13-12(16)9-4-6-11(7-5-9)14-19(2,17)18/h4-7,10,14-15H,3,8H2,1-2H3,(H,13,16)/t10-/m0/s1. The molecular weight excluding hydrogens is 268 g/mol. The van der Waals surface area contributed by atoms with Gasteiger partial charge in [0, 0.05) is 11.3 Å². The lowest BCUT2D eigenvalue weighted by Crippen LogP contribution is -2.36. The Morgan fingerprint density at radius 2 is 1.89 bits per heavy atom. The van der Waals surface area contributed by atoms with Crippen LogP contribution in [0, 0.1) is 0 Å². The van der Waals surface area contributed by atoms with Crippen LogP contribution in [0.4, 0.5) is 5.69 Å². The number of nitrogens with one attached hydrogen (secondary N) is 2. The molecule has 0 saturated carbocycles. The second-order valence-electron chi connectivity index (χ2n) is 4.21. The van der Waals surface area contributed by atoms with Gasteiger partial charge in [0.15, 0.2) is 0 Å². The van der Waals surface area contributed by atoms with Gasteiger partial charge in [-0.1, -0.05) is 6.92 Å². The number of rotatable bonds is 6. The number of anilines is 1. The van der Waals surface area contributed by atoms with Gasteiger partial charge in [-0.3, -0.25) is 9.52 Å². The number of aliphatic hydroxyl groups excluding tert-OH is 1. The summed E-state index contributed by atoms with van der Waals surface area (Å²) in [6, 6.07) is 5.78. The van der Waals surface area contributed by atoms with Gasteiger partial charge in [0.25, 0.3) is 5.91 Å². The van der Waals surface area contributed by atoms with Gasteiger partial charge in [-0.2, -0.15) is 0 Å². The SMILES string of the molecule is CC[C@@H](CO)NC(=O)c1ccc(NS(C)(=O)=O)cc1. The Bertz CT molecular complexity index is 521. The van der Waals surface area contributed by atoms with Crippen LogP contribution in [0.2, 0.25) is 0 Å². The summed E-state index contributed by atoms with van der Waals surface area (Å²) in [6.45, 7) is 1.75. The Labute approximate surface area is 112 Å². The molecule has 7 heteroatoms. The molecule has 0 bridgehead atoms. The van der Waals surface area contributed by atoms with Crippen molar-refractivity contribution in [2.45, 2.75) is 19.4 Å².